The minimum Gasteiger partial charge on any atom is -0.308 e. The molecule has 0 aliphatic carbocycles. The van der Waals surface area contributed by atoms with E-state index in [-0.39, 0.29) is 16.1 Å². The van der Waals surface area contributed by atoms with Crippen molar-refractivity contribution in [1.29, 1.82) is 0 Å². The third kappa shape index (κ3) is 7.57. The lowest BCUT2D eigenvalue weighted by molar-refractivity contribution is 0.385. The first-order valence-corrected chi connectivity index (χ1v) is 11.9. The molecule has 0 fully saturated rings. The number of hydrogen-bond donors (Lipinski definition) is 0. The highest BCUT2D eigenvalue weighted by molar-refractivity contribution is 7.73. The zero-order valence-corrected chi connectivity index (χ0v) is 21.0. The van der Waals surface area contributed by atoms with Crippen molar-refractivity contribution in [2.24, 2.45) is 0 Å². The highest BCUT2D eigenvalue weighted by Crippen LogP contribution is 2.75. The van der Waals surface area contributed by atoms with Gasteiger partial charge in [-0.1, -0.05) is 83.1 Å². The van der Waals surface area contributed by atoms with Crippen LogP contribution in [0.1, 0.15) is 83.1 Å². The lowest BCUT2D eigenvalue weighted by Crippen LogP contribution is -2.42. The summed E-state index contributed by atoms with van der Waals surface area (Å²) in [7, 11) is 3.86. The summed E-state index contributed by atoms with van der Waals surface area (Å²) >= 11 is 0. The van der Waals surface area contributed by atoms with Gasteiger partial charge in [-0.25, -0.2) is 0 Å². The van der Waals surface area contributed by atoms with Crippen LogP contribution in [0.25, 0.3) is 0 Å². The van der Waals surface area contributed by atoms with Gasteiger partial charge in [-0.15, -0.1) is 0 Å². The monoisotopic (exact) mass is 376 g/mol. The summed E-state index contributed by atoms with van der Waals surface area (Å²) in [6.07, 6.45) is 0. The molecule has 0 atom stereocenters. The third-order valence-corrected chi connectivity index (χ3v) is 11.2. The fourth-order valence-corrected chi connectivity index (χ4v) is 15.3. The van der Waals surface area contributed by atoms with E-state index in [0.717, 1.165) is 6.54 Å². The maximum atomic E-state index is 2.98. The number of likely N-dealkylation sites (N-methyl/N-ethyl adjacent to an activating group) is 1. The standard InChI is InChI=1S/C20H46N2P2/c1-17(2,3)23(18(4,5)6)22(16-15-21(13)14)24(19(7,8)9)20(10,11)12/h15-16H2,1-14H3. The summed E-state index contributed by atoms with van der Waals surface area (Å²) in [6.45, 7) is 31.7. The zero-order valence-electron chi connectivity index (χ0n) is 19.2. The molecule has 0 aliphatic rings. The topological polar surface area (TPSA) is 6.48 Å². The van der Waals surface area contributed by atoms with E-state index in [9.17, 15) is 0 Å². The molecule has 0 bridgehead atoms. The molecule has 146 valence electrons. The van der Waals surface area contributed by atoms with Crippen molar-refractivity contribution < 1.29 is 0 Å². The molecule has 0 aromatic rings. The number of rotatable bonds is 5. The smallest absolute Gasteiger partial charge is 0.0190 e. The van der Waals surface area contributed by atoms with Gasteiger partial charge in [0.15, 0.2) is 0 Å². The van der Waals surface area contributed by atoms with Crippen molar-refractivity contribution in [1.82, 2.24) is 9.34 Å². The molecule has 4 heteroatoms. The van der Waals surface area contributed by atoms with Gasteiger partial charge in [-0.2, -0.15) is 0 Å². The average Bonchev–Trinajstić information content (AvgIpc) is 2.16. The summed E-state index contributed by atoms with van der Waals surface area (Å²) in [5.74, 6) is 0. The second-order valence-corrected chi connectivity index (χ2v) is 19.1. The second-order valence-electron chi connectivity index (χ2n) is 11.2. The quantitative estimate of drug-likeness (QED) is 0.485. The molecule has 0 amide bonds. The maximum Gasteiger partial charge on any atom is 0.0190 e. The molecule has 0 aliphatic heterocycles. The molecule has 0 saturated carbocycles. The van der Waals surface area contributed by atoms with Crippen molar-refractivity contribution in [3.05, 3.63) is 0 Å². The highest BCUT2D eigenvalue weighted by atomic mass is 31.2. The Morgan fingerprint density at radius 3 is 0.917 bits per heavy atom. The van der Waals surface area contributed by atoms with Crippen LogP contribution < -0.4 is 0 Å². The summed E-state index contributed by atoms with van der Waals surface area (Å²) in [6, 6.07) is 0. The summed E-state index contributed by atoms with van der Waals surface area (Å²) in [4.78, 5) is 2.34. The van der Waals surface area contributed by atoms with Gasteiger partial charge in [0.25, 0.3) is 0 Å². The van der Waals surface area contributed by atoms with E-state index in [0.29, 0.717) is 20.6 Å². The minimum absolute atomic E-state index is 0.269. The van der Waals surface area contributed by atoms with E-state index in [4.69, 9.17) is 0 Å². The van der Waals surface area contributed by atoms with Crippen molar-refractivity contribution >= 4 is 16.1 Å². The van der Waals surface area contributed by atoms with Gasteiger partial charge in [-0.05, 0) is 50.9 Å². The predicted molar refractivity (Wildman–Crippen MR) is 118 cm³/mol. The van der Waals surface area contributed by atoms with Crippen molar-refractivity contribution in [3.8, 4) is 0 Å². The minimum atomic E-state index is -0.269. The Morgan fingerprint density at radius 1 is 0.500 bits per heavy atom. The average molecular weight is 377 g/mol. The molecule has 0 rings (SSSR count). The van der Waals surface area contributed by atoms with Crippen LogP contribution in [-0.4, -0.2) is 57.2 Å². The van der Waals surface area contributed by atoms with E-state index in [1.54, 1.807) is 0 Å². The summed E-state index contributed by atoms with van der Waals surface area (Å²) in [5.41, 5.74) is 0. The molecule has 2 nitrogen and oxygen atoms in total. The normalized spacial score (nSPS) is 15.2. The molecule has 0 aromatic heterocycles. The summed E-state index contributed by atoms with van der Waals surface area (Å²) < 4.78 is 2.98. The van der Waals surface area contributed by atoms with Crippen LogP contribution in [0.5, 0.6) is 0 Å². The van der Waals surface area contributed by atoms with Crippen molar-refractivity contribution in [3.63, 3.8) is 0 Å². The Kier molecular flexibility index (Phi) is 8.47. The zero-order chi connectivity index (χ0) is 19.7. The van der Waals surface area contributed by atoms with E-state index < -0.39 is 0 Å². The van der Waals surface area contributed by atoms with Crippen molar-refractivity contribution in [2.45, 2.75) is 104 Å². The van der Waals surface area contributed by atoms with Gasteiger partial charge >= 0.3 is 0 Å². The summed E-state index contributed by atoms with van der Waals surface area (Å²) in [5, 5.41) is 1.27. The first-order chi connectivity index (χ1) is 10.3. The van der Waals surface area contributed by atoms with Gasteiger partial charge in [0.05, 0.1) is 0 Å². The van der Waals surface area contributed by atoms with Crippen molar-refractivity contribution in [2.75, 3.05) is 27.2 Å². The Bertz CT molecular complexity index is 318. The van der Waals surface area contributed by atoms with Gasteiger partial charge in [0.1, 0.15) is 0 Å². The first kappa shape index (κ1) is 24.8. The number of nitrogens with zero attached hydrogens (tertiary/aromatic N) is 2. The molecule has 24 heavy (non-hydrogen) atoms. The lowest BCUT2D eigenvalue weighted by Gasteiger charge is -2.57. The van der Waals surface area contributed by atoms with Crippen LogP contribution in [0.4, 0.5) is 0 Å². The Balaban J connectivity index is 6.22. The molecule has 0 aromatic carbocycles. The third-order valence-electron chi connectivity index (χ3n) is 3.75. The molecule has 0 radical (unpaired) electrons. The van der Waals surface area contributed by atoms with E-state index in [2.05, 4.69) is 107 Å². The molecule has 0 saturated heterocycles. The van der Waals surface area contributed by atoms with Gasteiger partial charge in [0, 0.05) is 13.1 Å². The Labute approximate surface area is 156 Å². The molecule has 0 heterocycles. The molecular weight excluding hydrogens is 330 g/mol. The molecular formula is C20H46N2P2. The SMILES string of the molecule is CN(C)CCN(P(C(C)(C)C)C(C)(C)C)P(C(C)(C)C)C(C)(C)C. The van der Waals surface area contributed by atoms with Crippen LogP contribution in [0, 0.1) is 0 Å². The van der Waals surface area contributed by atoms with Gasteiger partial charge in [-0.3, -0.25) is 4.44 Å². The Hall–Kier alpha value is 0.780. The predicted octanol–water partition coefficient (Wildman–Crippen LogP) is 6.84. The van der Waals surface area contributed by atoms with Crippen LogP contribution >= 0.6 is 16.1 Å². The molecule has 0 unspecified atom stereocenters. The molecule has 0 spiro atoms. The second kappa shape index (κ2) is 8.21. The van der Waals surface area contributed by atoms with Crippen LogP contribution in [-0.2, 0) is 0 Å². The van der Waals surface area contributed by atoms with Gasteiger partial charge < -0.3 is 4.90 Å². The number of hydrogen-bond acceptors (Lipinski definition) is 2. The van der Waals surface area contributed by atoms with Crippen LogP contribution in [0.15, 0.2) is 0 Å². The lowest BCUT2D eigenvalue weighted by atomic mass is 10.2. The maximum absolute atomic E-state index is 2.98. The van der Waals surface area contributed by atoms with E-state index in [1.165, 1.54) is 6.54 Å². The fourth-order valence-electron chi connectivity index (χ4n) is 3.98. The fraction of sp³-hybridized carbons (Fsp3) is 1.00. The van der Waals surface area contributed by atoms with E-state index in [1.807, 2.05) is 0 Å². The van der Waals surface area contributed by atoms with E-state index >= 15 is 0 Å². The van der Waals surface area contributed by atoms with Crippen LogP contribution in [0.3, 0.4) is 0 Å². The largest absolute Gasteiger partial charge is 0.308 e. The van der Waals surface area contributed by atoms with Gasteiger partial charge in [0.2, 0.25) is 0 Å². The van der Waals surface area contributed by atoms with Crippen LogP contribution in [0.2, 0.25) is 0 Å². The first-order valence-electron chi connectivity index (χ1n) is 9.32. The highest BCUT2D eigenvalue weighted by Gasteiger charge is 2.47. The Morgan fingerprint density at radius 2 is 0.750 bits per heavy atom. The molecule has 0 N–H and O–H groups in total.